The minimum Gasteiger partial charge on any atom is -0.493 e. The predicted molar refractivity (Wildman–Crippen MR) is 59.0 cm³/mol. The van der Waals surface area contributed by atoms with Crippen molar-refractivity contribution in [2.75, 3.05) is 13.2 Å². The maximum absolute atomic E-state index is 9.56. The van der Waals surface area contributed by atoms with Gasteiger partial charge < -0.3 is 14.9 Å². The first-order valence-electron chi connectivity index (χ1n) is 5.18. The molecule has 0 aliphatic rings. The van der Waals surface area contributed by atoms with Crippen molar-refractivity contribution in [3.05, 3.63) is 29.3 Å². The second kappa shape index (κ2) is 5.73. The monoisotopic (exact) mass is 210 g/mol. The normalized spacial score (nSPS) is 12.5. The van der Waals surface area contributed by atoms with Gasteiger partial charge in [-0.25, -0.2) is 0 Å². The molecule has 1 atom stereocenters. The van der Waals surface area contributed by atoms with E-state index in [4.69, 9.17) is 9.84 Å². The van der Waals surface area contributed by atoms with E-state index < -0.39 is 6.10 Å². The molecule has 0 saturated carbocycles. The van der Waals surface area contributed by atoms with Crippen molar-refractivity contribution >= 4 is 0 Å². The van der Waals surface area contributed by atoms with Gasteiger partial charge in [0.25, 0.3) is 0 Å². The molecule has 84 valence electrons. The van der Waals surface area contributed by atoms with Crippen LogP contribution in [0.25, 0.3) is 0 Å². The van der Waals surface area contributed by atoms with E-state index in [1.807, 2.05) is 25.1 Å². The number of para-hydroxylation sites is 1. The summed E-state index contributed by atoms with van der Waals surface area (Å²) in [5.41, 5.74) is 1.80. The van der Waals surface area contributed by atoms with Crippen LogP contribution in [0.5, 0.6) is 5.75 Å². The molecule has 0 amide bonds. The molecular weight excluding hydrogens is 192 g/mol. The number of hydrogen-bond donors (Lipinski definition) is 2. The molecule has 15 heavy (non-hydrogen) atoms. The zero-order chi connectivity index (χ0) is 11.3. The van der Waals surface area contributed by atoms with E-state index in [9.17, 15) is 5.11 Å². The van der Waals surface area contributed by atoms with Crippen molar-refractivity contribution in [3.8, 4) is 5.75 Å². The number of ether oxygens (including phenoxy) is 1. The fraction of sp³-hybridized carbons (Fsp3) is 0.500. The van der Waals surface area contributed by atoms with Crippen LogP contribution >= 0.6 is 0 Å². The molecule has 0 aromatic heterocycles. The van der Waals surface area contributed by atoms with E-state index in [2.05, 4.69) is 0 Å². The Morgan fingerprint density at radius 1 is 1.40 bits per heavy atom. The van der Waals surface area contributed by atoms with Crippen molar-refractivity contribution in [2.45, 2.75) is 26.4 Å². The fourth-order valence-electron chi connectivity index (χ4n) is 1.44. The van der Waals surface area contributed by atoms with Crippen LogP contribution in [0.1, 0.15) is 30.6 Å². The number of hydrogen-bond acceptors (Lipinski definition) is 3. The molecule has 1 aromatic carbocycles. The first-order valence-corrected chi connectivity index (χ1v) is 5.18. The summed E-state index contributed by atoms with van der Waals surface area (Å²) in [5, 5.41) is 18.2. The number of aliphatic hydroxyl groups excluding tert-OH is 2. The zero-order valence-electron chi connectivity index (χ0n) is 9.23. The fourth-order valence-corrected chi connectivity index (χ4v) is 1.44. The van der Waals surface area contributed by atoms with Crippen molar-refractivity contribution < 1.29 is 14.9 Å². The van der Waals surface area contributed by atoms with Crippen LogP contribution in [0, 0.1) is 6.92 Å². The summed E-state index contributed by atoms with van der Waals surface area (Å²) in [6, 6.07) is 5.70. The lowest BCUT2D eigenvalue weighted by Crippen LogP contribution is -2.05. The van der Waals surface area contributed by atoms with Crippen LogP contribution in [0.3, 0.4) is 0 Å². The van der Waals surface area contributed by atoms with Crippen molar-refractivity contribution in [1.82, 2.24) is 0 Å². The maximum Gasteiger partial charge on any atom is 0.127 e. The van der Waals surface area contributed by atoms with Crippen molar-refractivity contribution in [3.63, 3.8) is 0 Å². The average Bonchev–Trinajstić information content (AvgIpc) is 2.20. The summed E-state index contributed by atoms with van der Waals surface area (Å²) >= 11 is 0. The van der Waals surface area contributed by atoms with Gasteiger partial charge in [-0.15, -0.1) is 0 Å². The third-order valence-electron chi connectivity index (χ3n) is 2.24. The summed E-state index contributed by atoms with van der Waals surface area (Å²) in [6.45, 7) is 4.25. The molecule has 2 N–H and O–H groups in total. The summed E-state index contributed by atoms with van der Waals surface area (Å²) in [4.78, 5) is 0. The highest BCUT2D eigenvalue weighted by Crippen LogP contribution is 2.28. The molecule has 1 aromatic rings. The van der Waals surface area contributed by atoms with E-state index in [-0.39, 0.29) is 6.61 Å². The van der Waals surface area contributed by atoms with Gasteiger partial charge in [-0.2, -0.15) is 0 Å². The molecule has 0 spiro atoms. The van der Waals surface area contributed by atoms with Crippen LogP contribution in [-0.2, 0) is 0 Å². The Morgan fingerprint density at radius 3 is 2.73 bits per heavy atom. The van der Waals surface area contributed by atoms with Gasteiger partial charge in [0.1, 0.15) is 5.75 Å². The molecular formula is C12H18O3. The maximum atomic E-state index is 9.56. The smallest absolute Gasteiger partial charge is 0.127 e. The average molecular weight is 210 g/mol. The van der Waals surface area contributed by atoms with Gasteiger partial charge in [0.05, 0.1) is 12.7 Å². The second-order valence-electron chi connectivity index (χ2n) is 3.59. The Kier molecular flexibility index (Phi) is 4.59. The van der Waals surface area contributed by atoms with Gasteiger partial charge >= 0.3 is 0 Å². The Hall–Kier alpha value is -1.06. The third kappa shape index (κ3) is 3.22. The number of aryl methyl sites for hydroxylation is 1. The van der Waals surface area contributed by atoms with E-state index in [0.29, 0.717) is 13.0 Å². The second-order valence-corrected chi connectivity index (χ2v) is 3.59. The van der Waals surface area contributed by atoms with Gasteiger partial charge in [-0.05, 0) is 19.4 Å². The topological polar surface area (TPSA) is 49.7 Å². The number of benzene rings is 1. The Morgan fingerprint density at radius 2 is 2.13 bits per heavy atom. The molecule has 0 aliphatic carbocycles. The van der Waals surface area contributed by atoms with E-state index in [0.717, 1.165) is 16.9 Å². The van der Waals surface area contributed by atoms with Gasteiger partial charge in [0, 0.05) is 18.6 Å². The lowest BCUT2D eigenvalue weighted by atomic mass is 10.1. The highest BCUT2D eigenvalue weighted by Gasteiger charge is 2.10. The minimum atomic E-state index is -0.533. The molecule has 0 fully saturated rings. The lowest BCUT2D eigenvalue weighted by molar-refractivity contribution is 0.187. The molecule has 0 heterocycles. The summed E-state index contributed by atoms with van der Waals surface area (Å²) in [6.07, 6.45) is 0.0714. The van der Waals surface area contributed by atoms with Crippen LogP contribution in [0.4, 0.5) is 0 Å². The van der Waals surface area contributed by atoms with Crippen LogP contribution in [-0.4, -0.2) is 23.4 Å². The lowest BCUT2D eigenvalue weighted by Gasteiger charge is -2.15. The van der Waals surface area contributed by atoms with Gasteiger partial charge in [-0.1, -0.05) is 18.2 Å². The van der Waals surface area contributed by atoms with Gasteiger partial charge in [0.15, 0.2) is 0 Å². The SMILES string of the molecule is Cc1cccc(C(C)O)c1OCCCO. The van der Waals surface area contributed by atoms with Gasteiger partial charge in [0.2, 0.25) is 0 Å². The predicted octanol–water partition coefficient (Wildman–Crippen LogP) is 1.81. The molecule has 0 aliphatic heterocycles. The molecule has 3 heteroatoms. The van der Waals surface area contributed by atoms with Crippen molar-refractivity contribution in [2.24, 2.45) is 0 Å². The van der Waals surface area contributed by atoms with Crippen molar-refractivity contribution in [1.29, 1.82) is 0 Å². The minimum absolute atomic E-state index is 0.121. The standard InChI is InChI=1S/C12H18O3/c1-9-5-3-6-11(10(2)14)12(9)15-8-4-7-13/h3,5-6,10,13-14H,4,7-8H2,1-2H3. The van der Waals surface area contributed by atoms with E-state index in [1.54, 1.807) is 6.92 Å². The highest BCUT2D eigenvalue weighted by atomic mass is 16.5. The Bertz CT molecular complexity index is 308. The summed E-state index contributed by atoms with van der Waals surface area (Å²) in [5.74, 6) is 0.737. The molecule has 3 nitrogen and oxygen atoms in total. The highest BCUT2D eigenvalue weighted by molar-refractivity contribution is 5.41. The Labute approximate surface area is 90.3 Å². The molecule has 1 rings (SSSR count). The van der Waals surface area contributed by atoms with Gasteiger partial charge in [-0.3, -0.25) is 0 Å². The number of rotatable bonds is 5. The summed E-state index contributed by atoms with van der Waals surface area (Å²) < 4.78 is 5.55. The first-order chi connectivity index (χ1) is 7.16. The molecule has 0 bridgehead atoms. The zero-order valence-corrected chi connectivity index (χ0v) is 9.23. The quantitative estimate of drug-likeness (QED) is 0.729. The molecule has 0 radical (unpaired) electrons. The summed E-state index contributed by atoms with van der Waals surface area (Å²) in [7, 11) is 0. The third-order valence-corrected chi connectivity index (χ3v) is 2.24. The van der Waals surface area contributed by atoms with Crippen LogP contribution in [0.15, 0.2) is 18.2 Å². The first kappa shape index (κ1) is 12.0. The van der Waals surface area contributed by atoms with E-state index in [1.165, 1.54) is 0 Å². The van der Waals surface area contributed by atoms with Crippen LogP contribution < -0.4 is 4.74 Å². The Balaban J connectivity index is 2.82. The largest absolute Gasteiger partial charge is 0.493 e. The van der Waals surface area contributed by atoms with E-state index >= 15 is 0 Å². The molecule has 1 unspecified atom stereocenters. The molecule has 0 saturated heterocycles. The number of aliphatic hydroxyl groups is 2. The van der Waals surface area contributed by atoms with Crippen LogP contribution in [0.2, 0.25) is 0 Å².